The number of benzene rings is 2. The molecule has 0 saturated carbocycles. The Morgan fingerprint density at radius 1 is 1.06 bits per heavy atom. The summed E-state index contributed by atoms with van der Waals surface area (Å²) in [7, 11) is 0. The van der Waals surface area contributed by atoms with E-state index in [4.69, 9.17) is 4.74 Å². The minimum Gasteiger partial charge on any atom is -0.378 e. The van der Waals surface area contributed by atoms with E-state index < -0.39 is 0 Å². The summed E-state index contributed by atoms with van der Waals surface area (Å²) >= 11 is 0. The number of fused-ring (bicyclic) bond motifs is 1. The van der Waals surface area contributed by atoms with E-state index in [0.29, 0.717) is 5.69 Å². The molecule has 5 rings (SSSR count). The second-order valence-electron chi connectivity index (χ2n) is 7.71. The van der Waals surface area contributed by atoms with Crippen molar-refractivity contribution in [2.75, 3.05) is 41.8 Å². The van der Waals surface area contributed by atoms with Crippen LogP contribution >= 0.6 is 0 Å². The number of anilines is 4. The first kappa shape index (κ1) is 20.7. The first-order chi connectivity index (χ1) is 16.2. The van der Waals surface area contributed by atoms with Gasteiger partial charge in [-0.05, 0) is 48.0 Å². The predicted octanol–water partition coefficient (Wildman–Crippen LogP) is 4.10. The summed E-state index contributed by atoms with van der Waals surface area (Å²) in [6, 6.07) is 17.9. The first-order valence-electron chi connectivity index (χ1n) is 10.8. The molecule has 2 aromatic heterocycles. The highest BCUT2D eigenvalue weighted by atomic mass is 16.5. The zero-order chi connectivity index (χ0) is 22.6. The quantitative estimate of drug-likeness (QED) is 0.439. The first-order valence-corrected chi connectivity index (χ1v) is 10.8. The highest BCUT2D eigenvalue weighted by molar-refractivity contribution is 5.99. The number of rotatable bonds is 6. The molecule has 1 fully saturated rings. The molecule has 2 aromatic carbocycles. The lowest BCUT2D eigenvalue weighted by Gasteiger charge is -2.28. The standard InChI is InChI=1S/C25H24N6O2/c1-2-25(32)29-20-5-3-4-18(14-20)22-16-27-31-17-26-24(15-23(22)31)28-19-6-8-21(9-7-19)30-10-12-33-13-11-30/h2-9,14-17,28H,1,10-13H2,(H,29,32). The summed E-state index contributed by atoms with van der Waals surface area (Å²) in [6.07, 6.45) is 4.73. The molecule has 0 aliphatic carbocycles. The number of nitrogens with one attached hydrogen (secondary N) is 2. The molecule has 8 nitrogen and oxygen atoms in total. The summed E-state index contributed by atoms with van der Waals surface area (Å²) in [5.74, 6) is 0.474. The lowest BCUT2D eigenvalue weighted by atomic mass is 10.1. The van der Waals surface area contributed by atoms with Crippen molar-refractivity contribution in [1.82, 2.24) is 14.6 Å². The molecule has 1 amide bonds. The molecule has 4 aromatic rings. The number of morpholine rings is 1. The highest BCUT2D eigenvalue weighted by Crippen LogP contribution is 2.28. The Hall–Kier alpha value is -4.17. The SMILES string of the molecule is C=CC(=O)Nc1cccc(-c2cnn3cnc(Nc4ccc(N5CCOCC5)cc4)cc23)c1. The Bertz CT molecular complexity index is 1290. The van der Waals surface area contributed by atoms with Gasteiger partial charge in [0, 0.05) is 41.8 Å². The molecule has 33 heavy (non-hydrogen) atoms. The molecule has 0 radical (unpaired) electrons. The lowest BCUT2D eigenvalue weighted by Crippen LogP contribution is -2.36. The van der Waals surface area contributed by atoms with E-state index in [0.717, 1.165) is 54.5 Å². The minimum atomic E-state index is -0.248. The summed E-state index contributed by atoms with van der Waals surface area (Å²) in [4.78, 5) is 18.5. The minimum absolute atomic E-state index is 0.248. The summed E-state index contributed by atoms with van der Waals surface area (Å²) in [5.41, 5.74) is 5.64. The van der Waals surface area contributed by atoms with Gasteiger partial charge in [-0.1, -0.05) is 18.7 Å². The average molecular weight is 441 g/mol. The van der Waals surface area contributed by atoms with Crippen LogP contribution in [0.1, 0.15) is 0 Å². The van der Waals surface area contributed by atoms with E-state index in [1.807, 2.05) is 30.3 Å². The van der Waals surface area contributed by atoms with Gasteiger partial charge in [0.1, 0.15) is 12.1 Å². The van der Waals surface area contributed by atoms with E-state index in [2.05, 4.69) is 56.5 Å². The van der Waals surface area contributed by atoms with Gasteiger partial charge in [-0.2, -0.15) is 5.10 Å². The third-order valence-corrected chi connectivity index (χ3v) is 5.56. The molecule has 8 heteroatoms. The van der Waals surface area contributed by atoms with Gasteiger partial charge < -0.3 is 20.3 Å². The molecular formula is C25H24N6O2. The van der Waals surface area contributed by atoms with Crippen molar-refractivity contribution in [3.8, 4) is 11.1 Å². The molecule has 2 N–H and O–H groups in total. The van der Waals surface area contributed by atoms with Crippen molar-refractivity contribution in [2.45, 2.75) is 0 Å². The zero-order valence-corrected chi connectivity index (χ0v) is 18.1. The van der Waals surface area contributed by atoms with E-state index in [1.54, 1.807) is 17.0 Å². The number of carbonyl (C=O) groups excluding carboxylic acids is 1. The summed E-state index contributed by atoms with van der Waals surface area (Å²) in [5, 5.41) is 10.6. The Morgan fingerprint density at radius 2 is 1.88 bits per heavy atom. The zero-order valence-electron chi connectivity index (χ0n) is 18.1. The maximum atomic E-state index is 11.7. The van der Waals surface area contributed by atoms with E-state index in [-0.39, 0.29) is 5.91 Å². The highest BCUT2D eigenvalue weighted by Gasteiger charge is 2.12. The number of hydrogen-bond donors (Lipinski definition) is 2. The van der Waals surface area contributed by atoms with Gasteiger partial charge >= 0.3 is 0 Å². The van der Waals surface area contributed by atoms with Crippen LogP contribution in [0.25, 0.3) is 16.6 Å². The Balaban J connectivity index is 1.38. The van der Waals surface area contributed by atoms with Gasteiger partial charge in [0.05, 0.1) is 24.9 Å². The van der Waals surface area contributed by atoms with Crippen molar-refractivity contribution in [1.29, 1.82) is 0 Å². The third-order valence-electron chi connectivity index (χ3n) is 5.56. The third kappa shape index (κ3) is 4.56. The van der Waals surface area contributed by atoms with Crippen LogP contribution in [0, 0.1) is 0 Å². The van der Waals surface area contributed by atoms with E-state index in [1.165, 1.54) is 11.8 Å². The molecule has 3 heterocycles. The van der Waals surface area contributed by atoms with Crippen molar-refractivity contribution in [2.24, 2.45) is 0 Å². The molecule has 0 unspecified atom stereocenters. The molecule has 166 valence electrons. The van der Waals surface area contributed by atoms with Crippen LogP contribution in [0.2, 0.25) is 0 Å². The number of carbonyl (C=O) groups is 1. The van der Waals surface area contributed by atoms with Crippen LogP contribution in [0.4, 0.5) is 22.9 Å². The van der Waals surface area contributed by atoms with Crippen LogP contribution in [0.5, 0.6) is 0 Å². The Labute approximate surface area is 191 Å². The van der Waals surface area contributed by atoms with Crippen LogP contribution in [0.15, 0.2) is 79.8 Å². The summed E-state index contributed by atoms with van der Waals surface area (Å²) < 4.78 is 7.16. The molecule has 0 bridgehead atoms. The normalized spacial score (nSPS) is 13.6. The molecule has 1 saturated heterocycles. The molecule has 0 atom stereocenters. The largest absolute Gasteiger partial charge is 0.378 e. The lowest BCUT2D eigenvalue weighted by molar-refractivity contribution is -0.111. The maximum Gasteiger partial charge on any atom is 0.247 e. The molecule has 1 aliphatic rings. The maximum absolute atomic E-state index is 11.7. The van der Waals surface area contributed by atoms with Crippen molar-refractivity contribution in [3.63, 3.8) is 0 Å². The number of amides is 1. The number of ether oxygens (including phenoxy) is 1. The fraction of sp³-hybridized carbons (Fsp3) is 0.160. The topological polar surface area (TPSA) is 83.8 Å². The van der Waals surface area contributed by atoms with Gasteiger partial charge in [0.25, 0.3) is 0 Å². The van der Waals surface area contributed by atoms with Crippen LogP contribution in [-0.2, 0) is 9.53 Å². The second kappa shape index (κ2) is 9.13. The fourth-order valence-corrected chi connectivity index (χ4v) is 3.86. The summed E-state index contributed by atoms with van der Waals surface area (Å²) in [6.45, 7) is 6.85. The van der Waals surface area contributed by atoms with Crippen LogP contribution in [0.3, 0.4) is 0 Å². The van der Waals surface area contributed by atoms with E-state index in [9.17, 15) is 4.79 Å². The van der Waals surface area contributed by atoms with Gasteiger partial charge in [0.2, 0.25) is 5.91 Å². The van der Waals surface area contributed by atoms with Crippen molar-refractivity contribution in [3.05, 3.63) is 79.8 Å². The molecular weight excluding hydrogens is 416 g/mol. The van der Waals surface area contributed by atoms with Crippen molar-refractivity contribution >= 4 is 34.3 Å². The second-order valence-corrected chi connectivity index (χ2v) is 7.71. The average Bonchev–Trinajstić information content (AvgIpc) is 3.28. The molecule has 1 aliphatic heterocycles. The van der Waals surface area contributed by atoms with Gasteiger partial charge in [-0.3, -0.25) is 4.79 Å². The van der Waals surface area contributed by atoms with E-state index >= 15 is 0 Å². The van der Waals surface area contributed by atoms with Gasteiger partial charge in [0.15, 0.2) is 0 Å². The monoisotopic (exact) mass is 440 g/mol. The number of hydrogen-bond acceptors (Lipinski definition) is 6. The van der Waals surface area contributed by atoms with Crippen LogP contribution in [-0.4, -0.2) is 46.8 Å². The van der Waals surface area contributed by atoms with Crippen LogP contribution < -0.4 is 15.5 Å². The number of nitrogens with zero attached hydrogens (tertiary/aromatic N) is 4. The molecule has 0 spiro atoms. The fourth-order valence-electron chi connectivity index (χ4n) is 3.86. The Morgan fingerprint density at radius 3 is 2.67 bits per heavy atom. The van der Waals surface area contributed by atoms with Gasteiger partial charge in [-0.25, -0.2) is 9.50 Å². The van der Waals surface area contributed by atoms with Gasteiger partial charge in [-0.15, -0.1) is 0 Å². The number of aromatic nitrogens is 3. The smallest absolute Gasteiger partial charge is 0.247 e. The predicted molar refractivity (Wildman–Crippen MR) is 130 cm³/mol. The Kier molecular flexibility index (Phi) is 5.73. The van der Waals surface area contributed by atoms with Crippen molar-refractivity contribution < 1.29 is 9.53 Å².